The summed E-state index contributed by atoms with van der Waals surface area (Å²) in [5.41, 5.74) is 0.291. The Hall–Kier alpha value is -3.09. The van der Waals surface area contributed by atoms with E-state index in [9.17, 15) is 14.0 Å². The van der Waals surface area contributed by atoms with Crippen LogP contribution in [0.4, 0.5) is 14.9 Å². The van der Waals surface area contributed by atoms with Crippen molar-refractivity contribution in [3.05, 3.63) is 59.9 Å². The predicted octanol–water partition coefficient (Wildman–Crippen LogP) is 3.60. The number of amides is 2. The maximum Gasteiger partial charge on any atom is 0.411 e. The molecular formula is C21H23FN2O4. The summed E-state index contributed by atoms with van der Waals surface area (Å²) < 4.78 is 24.1. The van der Waals surface area contributed by atoms with Crippen LogP contribution in [0.2, 0.25) is 0 Å². The van der Waals surface area contributed by atoms with Gasteiger partial charge in [0, 0.05) is 24.8 Å². The Kier molecular flexibility index (Phi) is 5.53. The first kappa shape index (κ1) is 19.7. The van der Waals surface area contributed by atoms with Crippen molar-refractivity contribution in [2.75, 3.05) is 25.1 Å². The minimum atomic E-state index is -1.10. The molecule has 0 radical (unpaired) electrons. The van der Waals surface area contributed by atoms with E-state index in [-0.39, 0.29) is 24.8 Å². The second kappa shape index (κ2) is 7.88. The van der Waals surface area contributed by atoms with Crippen LogP contribution in [0.5, 0.6) is 5.75 Å². The molecule has 3 rings (SSSR count). The van der Waals surface area contributed by atoms with Crippen LogP contribution in [0.15, 0.2) is 48.5 Å². The van der Waals surface area contributed by atoms with Crippen LogP contribution in [0.3, 0.4) is 0 Å². The lowest BCUT2D eigenvalue weighted by molar-refractivity contribution is -0.130. The number of hydrogen-bond donors (Lipinski definition) is 0. The molecule has 28 heavy (non-hydrogen) atoms. The fourth-order valence-corrected chi connectivity index (χ4v) is 3.21. The third-order valence-electron chi connectivity index (χ3n) is 4.86. The molecule has 2 amide bonds. The highest BCUT2D eigenvalue weighted by atomic mass is 19.1. The molecule has 6 nitrogen and oxygen atoms in total. The molecule has 0 unspecified atom stereocenters. The Morgan fingerprint density at radius 1 is 1.14 bits per heavy atom. The first-order valence-electron chi connectivity index (χ1n) is 8.98. The van der Waals surface area contributed by atoms with Crippen LogP contribution in [-0.4, -0.2) is 42.6 Å². The number of halogens is 1. The van der Waals surface area contributed by atoms with E-state index in [0.29, 0.717) is 12.2 Å². The molecule has 7 heteroatoms. The minimum Gasteiger partial charge on any atom is -0.494 e. The van der Waals surface area contributed by atoms with Gasteiger partial charge in [0.05, 0.1) is 7.11 Å². The van der Waals surface area contributed by atoms with E-state index in [0.717, 1.165) is 5.56 Å². The molecular weight excluding hydrogens is 363 g/mol. The molecule has 0 saturated carbocycles. The fourth-order valence-electron chi connectivity index (χ4n) is 3.21. The van der Waals surface area contributed by atoms with Gasteiger partial charge >= 0.3 is 6.09 Å². The molecule has 2 aromatic rings. The average molecular weight is 386 g/mol. The van der Waals surface area contributed by atoms with Crippen LogP contribution in [0.25, 0.3) is 0 Å². The van der Waals surface area contributed by atoms with E-state index in [2.05, 4.69) is 0 Å². The summed E-state index contributed by atoms with van der Waals surface area (Å²) in [7, 11) is 1.37. The lowest BCUT2D eigenvalue weighted by Gasteiger charge is -2.45. The van der Waals surface area contributed by atoms with E-state index in [1.54, 1.807) is 13.8 Å². The summed E-state index contributed by atoms with van der Waals surface area (Å²) in [6.07, 6.45) is -0.543. The quantitative estimate of drug-likeness (QED) is 0.806. The molecule has 0 aromatic heterocycles. The van der Waals surface area contributed by atoms with Gasteiger partial charge < -0.3 is 14.4 Å². The van der Waals surface area contributed by atoms with Crippen LogP contribution >= 0.6 is 0 Å². The van der Waals surface area contributed by atoms with Crippen LogP contribution in [0.1, 0.15) is 19.4 Å². The number of carbonyl (C=O) groups is 2. The largest absolute Gasteiger partial charge is 0.494 e. The predicted molar refractivity (Wildman–Crippen MR) is 103 cm³/mol. The molecule has 0 N–H and O–H groups in total. The number of methoxy groups -OCH3 is 1. The topological polar surface area (TPSA) is 59.1 Å². The van der Waals surface area contributed by atoms with E-state index in [1.807, 2.05) is 30.3 Å². The number of rotatable bonds is 4. The third kappa shape index (κ3) is 3.78. The Morgan fingerprint density at radius 2 is 1.86 bits per heavy atom. The maximum absolute atomic E-state index is 13.7. The second-order valence-electron chi connectivity index (χ2n) is 7.03. The molecule has 1 aliphatic heterocycles. The van der Waals surface area contributed by atoms with Crippen molar-refractivity contribution in [3.8, 4) is 5.75 Å². The molecule has 0 spiro atoms. The maximum atomic E-state index is 13.7. The molecule has 1 aliphatic rings. The highest BCUT2D eigenvalue weighted by Crippen LogP contribution is 2.30. The van der Waals surface area contributed by atoms with Gasteiger partial charge in [-0.05, 0) is 31.5 Å². The van der Waals surface area contributed by atoms with Gasteiger partial charge in [0.1, 0.15) is 12.1 Å². The van der Waals surface area contributed by atoms with Gasteiger partial charge in [0.15, 0.2) is 11.6 Å². The van der Waals surface area contributed by atoms with Crippen LogP contribution < -0.4 is 9.64 Å². The molecule has 1 heterocycles. The molecule has 1 fully saturated rings. The zero-order valence-electron chi connectivity index (χ0n) is 16.1. The average Bonchev–Trinajstić information content (AvgIpc) is 2.69. The zero-order chi connectivity index (χ0) is 20.3. The summed E-state index contributed by atoms with van der Waals surface area (Å²) >= 11 is 0. The Balaban J connectivity index is 1.73. The van der Waals surface area contributed by atoms with Gasteiger partial charge in [0.25, 0.3) is 5.91 Å². The highest BCUT2D eigenvalue weighted by Gasteiger charge is 2.45. The normalized spacial score (nSPS) is 16.1. The van der Waals surface area contributed by atoms with Gasteiger partial charge in [-0.15, -0.1) is 0 Å². The van der Waals surface area contributed by atoms with Gasteiger partial charge in [-0.1, -0.05) is 30.3 Å². The van der Waals surface area contributed by atoms with E-state index in [1.165, 1.54) is 35.1 Å². The Labute approximate surface area is 163 Å². The SMILES string of the molecule is COc1cc(N2CCN(C(=O)OCc3ccccc3)C(C)(C)C2=O)ccc1F. The lowest BCUT2D eigenvalue weighted by atomic mass is 9.97. The van der Waals surface area contributed by atoms with E-state index in [4.69, 9.17) is 9.47 Å². The number of hydrogen-bond acceptors (Lipinski definition) is 4. The number of nitrogens with zero attached hydrogens (tertiary/aromatic N) is 2. The van der Waals surface area contributed by atoms with E-state index >= 15 is 0 Å². The van der Waals surface area contributed by atoms with Crippen molar-refractivity contribution < 1.29 is 23.5 Å². The highest BCUT2D eigenvalue weighted by molar-refractivity contribution is 6.02. The number of piperazine rings is 1. The van der Waals surface area contributed by atoms with E-state index < -0.39 is 17.4 Å². The first-order valence-corrected chi connectivity index (χ1v) is 8.98. The smallest absolute Gasteiger partial charge is 0.411 e. The summed E-state index contributed by atoms with van der Waals surface area (Å²) in [6.45, 7) is 4.06. The molecule has 2 aromatic carbocycles. The van der Waals surface area contributed by atoms with Crippen molar-refractivity contribution >= 4 is 17.7 Å². The summed E-state index contributed by atoms with van der Waals surface area (Å²) in [4.78, 5) is 28.6. The van der Waals surface area contributed by atoms with Gasteiger partial charge in [-0.3, -0.25) is 9.69 Å². The van der Waals surface area contributed by atoms with Crippen molar-refractivity contribution in [2.45, 2.75) is 26.0 Å². The second-order valence-corrected chi connectivity index (χ2v) is 7.03. The molecule has 0 atom stereocenters. The van der Waals surface area contributed by atoms with Crippen LogP contribution in [0, 0.1) is 5.82 Å². The molecule has 0 aliphatic carbocycles. The summed E-state index contributed by atoms with van der Waals surface area (Å²) in [5, 5.41) is 0. The number of ether oxygens (including phenoxy) is 2. The zero-order valence-corrected chi connectivity index (χ0v) is 16.1. The monoisotopic (exact) mass is 386 g/mol. The third-order valence-corrected chi connectivity index (χ3v) is 4.86. The molecule has 148 valence electrons. The molecule has 1 saturated heterocycles. The van der Waals surface area contributed by atoms with Crippen molar-refractivity contribution in [1.82, 2.24) is 4.90 Å². The molecule has 0 bridgehead atoms. The van der Waals surface area contributed by atoms with Crippen molar-refractivity contribution in [1.29, 1.82) is 0 Å². The Bertz CT molecular complexity index is 870. The fraction of sp³-hybridized carbons (Fsp3) is 0.333. The van der Waals surface area contributed by atoms with Crippen LogP contribution in [-0.2, 0) is 16.1 Å². The number of benzene rings is 2. The standard InChI is InChI=1S/C21H23FN2O4/c1-21(2)19(25)23(16-9-10-17(22)18(13-16)27-3)11-12-24(21)20(26)28-14-15-7-5-4-6-8-15/h4-10,13H,11-12,14H2,1-3H3. The summed E-state index contributed by atoms with van der Waals surface area (Å²) in [5.74, 6) is -0.710. The lowest BCUT2D eigenvalue weighted by Crippen LogP contribution is -2.64. The van der Waals surface area contributed by atoms with Gasteiger partial charge in [0.2, 0.25) is 0 Å². The van der Waals surface area contributed by atoms with Crippen molar-refractivity contribution in [3.63, 3.8) is 0 Å². The Morgan fingerprint density at radius 3 is 2.54 bits per heavy atom. The number of anilines is 1. The first-order chi connectivity index (χ1) is 13.3. The number of carbonyl (C=O) groups excluding carboxylic acids is 2. The van der Waals surface area contributed by atoms with Crippen molar-refractivity contribution in [2.24, 2.45) is 0 Å². The minimum absolute atomic E-state index is 0.0628. The van der Waals surface area contributed by atoms with Gasteiger partial charge in [-0.2, -0.15) is 0 Å². The summed E-state index contributed by atoms with van der Waals surface area (Å²) in [6, 6.07) is 13.6. The van der Waals surface area contributed by atoms with Gasteiger partial charge in [-0.25, -0.2) is 9.18 Å².